The van der Waals surface area contributed by atoms with Gasteiger partial charge in [-0.15, -0.1) is 0 Å². The predicted molar refractivity (Wildman–Crippen MR) is 123 cm³/mol. The molecule has 4 aromatic rings. The van der Waals surface area contributed by atoms with Gasteiger partial charge in [0.05, 0.1) is 0 Å². The van der Waals surface area contributed by atoms with Gasteiger partial charge in [-0.2, -0.15) is 0 Å². The highest BCUT2D eigenvalue weighted by Gasteiger charge is 2.01. The molecule has 0 aliphatic carbocycles. The van der Waals surface area contributed by atoms with Gasteiger partial charge in [-0.1, -0.05) is 65.8 Å². The van der Waals surface area contributed by atoms with Crippen LogP contribution in [0.5, 0.6) is 0 Å². The first kappa shape index (κ1) is 23.2. The Morgan fingerprint density at radius 1 is 0.679 bits per heavy atom. The van der Waals surface area contributed by atoms with Gasteiger partial charge in [-0.25, -0.2) is 9.97 Å². The van der Waals surface area contributed by atoms with Gasteiger partial charge in [0.2, 0.25) is 0 Å². The molecule has 0 saturated carbocycles. The molecule has 3 nitrogen and oxygen atoms in total. The number of pyridine rings is 3. The molecule has 4 rings (SSSR count). The smallest absolute Gasteiger partial charge is 0.159 e. The zero-order valence-corrected chi connectivity index (χ0v) is 18.3. The Morgan fingerprint density at radius 3 is 2.00 bits per heavy atom. The summed E-state index contributed by atoms with van der Waals surface area (Å²) in [5.41, 5.74) is 3.16. The summed E-state index contributed by atoms with van der Waals surface area (Å²) in [4.78, 5) is 12.7. The first-order valence-electron chi connectivity index (χ1n) is 10.2. The van der Waals surface area contributed by atoms with Crippen LogP contribution in [0.3, 0.4) is 0 Å². The van der Waals surface area contributed by atoms with Crippen LogP contribution in [0.2, 0.25) is 0 Å². The summed E-state index contributed by atoms with van der Waals surface area (Å²) in [6.07, 6.45) is 5.58. The van der Waals surface area contributed by atoms with Crippen molar-refractivity contribution in [3.63, 3.8) is 0 Å². The molecule has 3 heteroatoms. The molecule has 0 spiro atoms. The molecule has 0 atom stereocenters. The molecule has 0 saturated heterocycles. The summed E-state index contributed by atoms with van der Waals surface area (Å²) >= 11 is 0. The lowest BCUT2D eigenvalue weighted by molar-refractivity contribution is 0.861. The highest BCUT2D eigenvalue weighted by atomic mass is 14.8. The van der Waals surface area contributed by atoms with Gasteiger partial charge in [0.15, 0.2) is 5.65 Å². The summed E-state index contributed by atoms with van der Waals surface area (Å²) in [6.45, 7) is 14.3. The molecule has 0 N–H and O–H groups in total. The van der Waals surface area contributed by atoms with E-state index in [1.807, 2.05) is 71.3 Å². The highest BCUT2D eigenvalue weighted by molar-refractivity contribution is 5.81. The van der Waals surface area contributed by atoms with E-state index in [9.17, 15) is 0 Å². The Balaban J connectivity index is 0.000000240. The summed E-state index contributed by atoms with van der Waals surface area (Å²) in [5, 5.41) is 3.59. The number of rotatable bonds is 1. The van der Waals surface area contributed by atoms with Crippen LogP contribution in [0, 0.1) is 6.92 Å². The molecule has 0 amide bonds. The standard InChI is InChI=1S/C11H12N2.C10H9N.2C2H6/c1-8(2)10-6-9-4-3-5-12-11(9)13-7-10;1-8-6-9-4-2-3-5-10(9)7-11-8;2*1-2/h3-8H,1-2H3;2-7H,1H3;2*1-2H3. The van der Waals surface area contributed by atoms with Crippen molar-refractivity contribution >= 4 is 21.8 Å². The van der Waals surface area contributed by atoms with Crippen LogP contribution in [-0.2, 0) is 0 Å². The van der Waals surface area contributed by atoms with E-state index in [4.69, 9.17) is 0 Å². The fraction of sp³-hybridized carbons (Fsp3) is 0.320. The van der Waals surface area contributed by atoms with E-state index in [2.05, 4.69) is 53.1 Å². The molecule has 3 heterocycles. The topological polar surface area (TPSA) is 38.7 Å². The Morgan fingerprint density at radius 2 is 1.32 bits per heavy atom. The van der Waals surface area contributed by atoms with Crippen molar-refractivity contribution in [2.24, 2.45) is 0 Å². The molecule has 28 heavy (non-hydrogen) atoms. The van der Waals surface area contributed by atoms with Crippen LogP contribution in [0.1, 0.15) is 58.7 Å². The molecular weight excluding hydrogens is 342 g/mol. The Labute approximate surface area is 169 Å². The molecule has 0 aliphatic rings. The van der Waals surface area contributed by atoms with Crippen molar-refractivity contribution in [3.8, 4) is 0 Å². The fourth-order valence-electron chi connectivity index (χ4n) is 2.49. The van der Waals surface area contributed by atoms with Crippen molar-refractivity contribution in [3.05, 3.63) is 78.4 Å². The second-order valence-electron chi connectivity index (χ2n) is 6.15. The molecule has 0 radical (unpaired) electrons. The van der Waals surface area contributed by atoms with E-state index in [1.54, 1.807) is 6.20 Å². The molecule has 1 aromatic carbocycles. The molecule has 3 aromatic heterocycles. The largest absolute Gasteiger partial charge is 0.261 e. The maximum Gasteiger partial charge on any atom is 0.159 e. The number of benzene rings is 1. The fourth-order valence-corrected chi connectivity index (χ4v) is 2.49. The monoisotopic (exact) mass is 375 g/mol. The third kappa shape index (κ3) is 6.73. The lowest BCUT2D eigenvalue weighted by Gasteiger charge is -2.04. The molecular formula is C25H33N3. The third-order valence-electron chi connectivity index (χ3n) is 3.91. The van der Waals surface area contributed by atoms with Gasteiger partial charge in [-0.3, -0.25) is 4.98 Å². The first-order valence-corrected chi connectivity index (χ1v) is 10.2. The zero-order chi connectivity index (χ0) is 20.9. The Bertz CT molecular complexity index is 962. The summed E-state index contributed by atoms with van der Waals surface area (Å²) in [7, 11) is 0. The maximum absolute atomic E-state index is 4.29. The number of hydrogen-bond acceptors (Lipinski definition) is 3. The van der Waals surface area contributed by atoms with E-state index in [-0.39, 0.29) is 0 Å². The minimum Gasteiger partial charge on any atom is -0.261 e. The molecule has 0 bridgehead atoms. The van der Waals surface area contributed by atoms with Gasteiger partial charge in [0, 0.05) is 35.1 Å². The Kier molecular flexibility index (Phi) is 10.4. The Hall–Kier alpha value is -2.81. The van der Waals surface area contributed by atoms with Crippen LogP contribution in [0.25, 0.3) is 21.8 Å². The third-order valence-corrected chi connectivity index (χ3v) is 3.91. The minimum atomic E-state index is 0.525. The van der Waals surface area contributed by atoms with Crippen molar-refractivity contribution in [2.75, 3.05) is 0 Å². The number of nitrogens with zero attached hydrogens (tertiary/aromatic N) is 3. The van der Waals surface area contributed by atoms with Crippen LogP contribution in [0.15, 0.2) is 67.1 Å². The number of fused-ring (bicyclic) bond motifs is 2. The number of aryl methyl sites for hydroxylation is 1. The quantitative estimate of drug-likeness (QED) is 0.349. The van der Waals surface area contributed by atoms with Gasteiger partial charge in [-0.05, 0) is 48.1 Å². The van der Waals surface area contributed by atoms with Crippen molar-refractivity contribution in [2.45, 2.75) is 54.4 Å². The lowest BCUT2D eigenvalue weighted by Crippen LogP contribution is -1.90. The SMILES string of the molecule is CC.CC.CC(C)c1cnc2ncccc2c1.Cc1cc2ccccc2cn1. The van der Waals surface area contributed by atoms with E-state index < -0.39 is 0 Å². The molecule has 0 fully saturated rings. The maximum atomic E-state index is 4.29. The minimum absolute atomic E-state index is 0.525. The molecule has 0 unspecified atom stereocenters. The number of hydrogen-bond donors (Lipinski definition) is 0. The van der Waals surface area contributed by atoms with Gasteiger partial charge >= 0.3 is 0 Å². The van der Waals surface area contributed by atoms with E-state index in [0.717, 1.165) is 16.7 Å². The highest BCUT2D eigenvalue weighted by Crippen LogP contribution is 2.17. The van der Waals surface area contributed by atoms with Crippen molar-refractivity contribution in [1.29, 1.82) is 0 Å². The average Bonchev–Trinajstić information content (AvgIpc) is 2.76. The molecule has 0 aliphatic heterocycles. The second kappa shape index (κ2) is 12.6. The summed E-state index contributed by atoms with van der Waals surface area (Å²) in [6, 6.07) is 16.5. The van der Waals surface area contributed by atoms with E-state index >= 15 is 0 Å². The first-order chi connectivity index (χ1) is 13.6. The normalized spacial score (nSPS) is 9.57. The van der Waals surface area contributed by atoms with Crippen LogP contribution in [-0.4, -0.2) is 15.0 Å². The van der Waals surface area contributed by atoms with Crippen LogP contribution in [0.4, 0.5) is 0 Å². The van der Waals surface area contributed by atoms with E-state index in [0.29, 0.717) is 5.92 Å². The van der Waals surface area contributed by atoms with Gasteiger partial charge in [0.25, 0.3) is 0 Å². The predicted octanol–water partition coefficient (Wildman–Crippen LogP) is 7.35. The van der Waals surface area contributed by atoms with E-state index in [1.165, 1.54) is 16.3 Å². The van der Waals surface area contributed by atoms with Crippen LogP contribution < -0.4 is 0 Å². The second-order valence-corrected chi connectivity index (χ2v) is 6.15. The molecule has 148 valence electrons. The van der Waals surface area contributed by atoms with Crippen LogP contribution >= 0.6 is 0 Å². The summed E-state index contributed by atoms with van der Waals surface area (Å²) in [5.74, 6) is 0.525. The summed E-state index contributed by atoms with van der Waals surface area (Å²) < 4.78 is 0. The van der Waals surface area contributed by atoms with Crippen molar-refractivity contribution < 1.29 is 0 Å². The van der Waals surface area contributed by atoms with Gasteiger partial charge in [0.1, 0.15) is 0 Å². The lowest BCUT2D eigenvalue weighted by atomic mass is 10.0. The average molecular weight is 376 g/mol. The van der Waals surface area contributed by atoms with Gasteiger partial charge < -0.3 is 0 Å². The van der Waals surface area contributed by atoms with Crippen molar-refractivity contribution in [1.82, 2.24) is 15.0 Å². The number of aromatic nitrogens is 3. The zero-order valence-electron chi connectivity index (χ0n) is 18.3.